The fourth-order valence-electron chi connectivity index (χ4n) is 4.40. The number of aliphatic hydroxyl groups excluding tert-OH is 1. The second-order valence-electron chi connectivity index (χ2n) is 10.2. The molecule has 1 aliphatic rings. The number of carbonyl (C=O) groups is 5. The Bertz CT molecular complexity index is 1010. The van der Waals surface area contributed by atoms with Crippen LogP contribution in [-0.2, 0) is 30.4 Å². The van der Waals surface area contributed by atoms with Gasteiger partial charge in [-0.15, -0.1) is 0 Å². The van der Waals surface area contributed by atoms with E-state index in [1.807, 2.05) is 20.1 Å². The van der Waals surface area contributed by atoms with Gasteiger partial charge in [0.15, 0.2) is 0 Å². The van der Waals surface area contributed by atoms with E-state index in [1.54, 1.807) is 11.8 Å². The summed E-state index contributed by atoms with van der Waals surface area (Å²) in [6.45, 7) is 3.14. The zero-order valence-corrected chi connectivity index (χ0v) is 23.9. The number of nitrogens with zero attached hydrogens (tertiary/aromatic N) is 2. The smallest absolute Gasteiger partial charge is 0.326 e. The van der Waals surface area contributed by atoms with Gasteiger partial charge in [-0.25, -0.2) is 9.78 Å². The first kappa shape index (κ1) is 33.0. The number of hydrogen-bond acceptors (Lipinski definition) is 9. The van der Waals surface area contributed by atoms with Crippen LogP contribution in [0.3, 0.4) is 0 Å². The van der Waals surface area contributed by atoms with Gasteiger partial charge < -0.3 is 41.8 Å². The first-order chi connectivity index (χ1) is 19.0. The maximum absolute atomic E-state index is 13.4. The maximum atomic E-state index is 13.4. The summed E-state index contributed by atoms with van der Waals surface area (Å²) in [6, 6.07) is -5.41. The van der Waals surface area contributed by atoms with Crippen LogP contribution in [0.15, 0.2) is 12.5 Å². The number of nitrogens with one attached hydrogen (secondary N) is 4. The van der Waals surface area contributed by atoms with Crippen LogP contribution >= 0.6 is 11.8 Å². The number of thioether (sulfide) groups is 1. The van der Waals surface area contributed by atoms with Crippen LogP contribution in [0.2, 0.25) is 0 Å². The molecule has 0 spiro atoms. The molecule has 15 heteroatoms. The van der Waals surface area contributed by atoms with Gasteiger partial charge in [0.25, 0.3) is 0 Å². The van der Waals surface area contributed by atoms with Gasteiger partial charge in [-0.1, -0.05) is 13.8 Å². The number of aliphatic hydroxyl groups is 1. The number of H-pyrrole nitrogens is 1. The average Bonchev–Trinajstić information content (AvgIpc) is 3.61. The fourth-order valence-corrected chi connectivity index (χ4v) is 4.89. The molecule has 224 valence electrons. The van der Waals surface area contributed by atoms with Crippen LogP contribution < -0.4 is 21.7 Å². The zero-order valence-electron chi connectivity index (χ0n) is 23.1. The number of hydrogen-bond donors (Lipinski definition) is 7. The van der Waals surface area contributed by atoms with Crippen molar-refractivity contribution in [3.8, 4) is 0 Å². The Morgan fingerprint density at radius 3 is 2.35 bits per heavy atom. The number of aromatic nitrogens is 2. The minimum Gasteiger partial charge on any atom is -0.480 e. The molecule has 0 radical (unpaired) electrons. The van der Waals surface area contributed by atoms with E-state index in [0.29, 0.717) is 24.3 Å². The number of carboxylic acids is 1. The summed E-state index contributed by atoms with van der Waals surface area (Å²) in [5, 5.41) is 27.1. The van der Waals surface area contributed by atoms with Gasteiger partial charge in [-0.2, -0.15) is 11.8 Å². The van der Waals surface area contributed by atoms with Crippen molar-refractivity contribution in [2.24, 2.45) is 11.7 Å². The molecule has 0 aromatic carbocycles. The van der Waals surface area contributed by atoms with Crippen molar-refractivity contribution < 1.29 is 34.2 Å². The number of aromatic amines is 1. The van der Waals surface area contributed by atoms with Crippen LogP contribution in [0.4, 0.5) is 0 Å². The molecular weight excluding hydrogens is 542 g/mol. The lowest BCUT2D eigenvalue weighted by Crippen LogP contribution is -2.59. The molecule has 0 aliphatic carbocycles. The van der Waals surface area contributed by atoms with Gasteiger partial charge in [0.2, 0.25) is 23.6 Å². The highest BCUT2D eigenvalue weighted by Gasteiger charge is 2.38. The predicted octanol–water partition coefficient (Wildman–Crippen LogP) is -1.40. The minimum absolute atomic E-state index is 0.0464. The number of imidazole rings is 1. The third-order valence-corrected chi connectivity index (χ3v) is 7.18. The molecule has 1 aliphatic heterocycles. The normalized spacial score (nSPS) is 18.1. The van der Waals surface area contributed by atoms with E-state index in [2.05, 4.69) is 25.9 Å². The number of rotatable bonds is 16. The number of likely N-dealkylation sites (tertiary alicyclic amines) is 1. The van der Waals surface area contributed by atoms with Crippen LogP contribution in [-0.4, -0.2) is 110 Å². The van der Waals surface area contributed by atoms with Gasteiger partial charge in [0.1, 0.15) is 24.2 Å². The fraction of sp³-hybridized carbons (Fsp3) is 0.680. The Morgan fingerprint density at radius 1 is 1.12 bits per heavy atom. The molecule has 0 bridgehead atoms. The van der Waals surface area contributed by atoms with Gasteiger partial charge in [-0.05, 0) is 43.6 Å². The monoisotopic (exact) mass is 583 g/mol. The third kappa shape index (κ3) is 9.78. The first-order valence-corrected chi connectivity index (χ1v) is 14.6. The molecule has 5 atom stereocenters. The van der Waals surface area contributed by atoms with Crippen molar-refractivity contribution in [2.75, 3.05) is 25.2 Å². The van der Waals surface area contributed by atoms with Crippen molar-refractivity contribution in [1.29, 1.82) is 0 Å². The summed E-state index contributed by atoms with van der Waals surface area (Å²) >= 11 is 1.54. The lowest BCUT2D eigenvalue weighted by molar-refractivity contribution is -0.150. The van der Waals surface area contributed by atoms with E-state index in [1.165, 1.54) is 12.5 Å². The summed E-state index contributed by atoms with van der Waals surface area (Å²) in [5.41, 5.74) is 6.56. The average molecular weight is 584 g/mol. The standard InChI is InChI=1S/C25H41N7O7S/c1-14(2)9-17(22(35)31-19(12-33)24(37)32-7-4-5-20(32)25(38)39)30-23(36)18(10-15-11-27-13-28-15)29-21(34)16(26)6-8-40-3/h11,13-14,16-20,33H,4-10,12,26H2,1-3H3,(H,27,28)(H,29,34)(H,30,36)(H,31,35)(H,38,39)/t16-,17-,18-,19-,20-/m0/s1. The van der Waals surface area contributed by atoms with Gasteiger partial charge >= 0.3 is 5.97 Å². The molecule has 0 saturated carbocycles. The number of amides is 4. The molecule has 8 N–H and O–H groups in total. The number of carboxylic acid groups (broad SMARTS) is 1. The highest BCUT2D eigenvalue weighted by Crippen LogP contribution is 2.18. The van der Waals surface area contributed by atoms with Gasteiger partial charge in [0, 0.05) is 24.9 Å². The summed E-state index contributed by atoms with van der Waals surface area (Å²) in [6.07, 6.45) is 6.29. The Hall–Kier alpha value is -3.17. The van der Waals surface area contributed by atoms with E-state index in [-0.39, 0.29) is 31.7 Å². The maximum Gasteiger partial charge on any atom is 0.326 e. The van der Waals surface area contributed by atoms with E-state index in [0.717, 1.165) is 4.90 Å². The lowest BCUT2D eigenvalue weighted by atomic mass is 10.0. The second-order valence-corrected chi connectivity index (χ2v) is 11.2. The SMILES string of the molecule is CSCC[C@H](N)C(=O)N[C@@H](Cc1cnc[nH]1)C(=O)N[C@@H](CC(C)C)C(=O)N[C@@H](CO)C(=O)N1CCC[C@H]1C(=O)O. The molecule has 2 heterocycles. The third-order valence-electron chi connectivity index (χ3n) is 6.54. The summed E-state index contributed by atoms with van der Waals surface area (Å²) < 4.78 is 0. The van der Waals surface area contributed by atoms with Gasteiger partial charge in [-0.3, -0.25) is 19.2 Å². The highest BCUT2D eigenvalue weighted by atomic mass is 32.2. The van der Waals surface area contributed by atoms with Crippen molar-refractivity contribution in [1.82, 2.24) is 30.8 Å². The second kappa shape index (κ2) is 16.2. The zero-order chi connectivity index (χ0) is 29.8. The topological polar surface area (TPSA) is 220 Å². The van der Waals surface area contributed by atoms with Crippen molar-refractivity contribution in [3.05, 3.63) is 18.2 Å². The molecule has 0 unspecified atom stereocenters. The van der Waals surface area contributed by atoms with Crippen LogP contribution in [0, 0.1) is 5.92 Å². The van der Waals surface area contributed by atoms with E-state index in [9.17, 15) is 34.2 Å². The van der Waals surface area contributed by atoms with Crippen LogP contribution in [0.5, 0.6) is 0 Å². The molecular formula is C25H41N7O7S. The van der Waals surface area contributed by atoms with Crippen molar-refractivity contribution in [2.45, 2.75) is 76.2 Å². The van der Waals surface area contributed by atoms with E-state index < -0.39 is 66.4 Å². The van der Waals surface area contributed by atoms with Gasteiger partial charge in [0.05, 0.1) is 19.0 Å². The molecule has 1 aromatic rings. The summed E-state index contributed by atoms with van der Waals surface area (Å²) in [7, 11) is 0. The molecule has 1 saturated heterocycles. The van der Waals surface area contributed by atoms with Crippen molar-refractivity contribution >= 4 is 41.4 Å². The molecule has 2 rings (SSSR count). The predicted molar refractivity (Wildman–Crippen MR) is 148 cm³/mol. The van der Waals surface area contributed by atoms with E-state index in [4.69, 9.17) is 5.73 Å². The molecule has 1 fully saturated rings. The largest absolute Gasteiger partial charge is 0.480 e. The number of carbonyl (C=O) groups excluding carboxylic acids is 4. The van der Waals surface area contributed by atoms with Crippen LogP contribution in [0.1, 0.15) is 45.2 Å². The minimum atomic E-state index is -1.38. The summed E-state index contributed by atoms with van der Waals surface area (Å²) in [5.74, 6) is -3.12. The van der Waals surface area contributed by atoms with Crippen LogP contribution in [0.25, 0.3) is 0 Å². The lowest BCUT2D eigenvalue weighted by Gasteiger charge is -2.29. The number of aliphatic carboxylic acids is 1. The Kier molecular flexibility index (Phi) is 13.4. The highest BCUT2D eigenvalue weighted by molar-refractivity contribution is 7.98. The van der Waals surface area contributed by atoms with E-state index >= 15 is 0 Å². The molecule has 14 nitrogen and oxygen atoms in total. The van der Waals surface area contributed by atoms with Crippen molar-refractivity contribution in [3.63, 3.8) is 0 Å². The Balaban J connectivity index is 2.17. The Labute approximate surface area is 237 Å². The Morgan fingerprint density at radius 2 is 1.77 bits per heavy atom. The number of nitrogens with two attached hydrogens (primary N) is 1. The quantitative estimate of drug-likeness (QED) is 0.121. The molecule has 4 amide bonds. The first-order valence-electron chi connectivity index (χ1n) is 13.2. The molecule has 1 aromatic heterocycles. The molecule has 40 heavy (non-hydrogen) atoms. The summed E-state index contributed by atoms with van der Waals surface area (Å²) in [4.78, 5) is 71.8.